The summed E-state index contributed by atoms with van der Waals surface area (Å²) in [4.78, 5) is 17.7. The number of allylic oxidation sites excluding steroid dienone is 8. The molecule has 7 nitrogen and oxygen atoms in total. The molecule has 2 aliphatic carbocycles. The number of carbonyl (C=O) groups is 1. The summed E-state index contributed by atoms with van der Waals surface area (Å²) < 4.78 is 17.8. The van der Waals surface area contributed by atoms with Gasteiger partial charge < -0.3 is 19.0 Å². The minimum Gasteiger partial charge on any atom is -0.457 e. The quantitative estimate of drug-likeness (QED) is 0.180. The van der Waals surface area contributed by atoms with Crippen LogP contribution in [0.25, 0.3) is 6.08 Å². The van der Waals surface area contributed by atoms with Gasteiger partial charge in [0.05, 0.1) is 18.3 Å². The molecular formula is C40H54N2O5. The predicted octanol–water partition coefficient (Wildman–Crippen LogP) is 8.73. The van der Waals surface area contributed by atoms with Gasteiger partial charge in [0, 0.05) is 50.0 Å². The van der Waals surface area contributed by atoms with Crippen LogP contribution < -0.4 is 0 Å². The summed E-state index contributed by atoms with van der Waals surface area (Å²) in [5.74, 6) is 1.63. The number of aliphatic hydroxyl groups excluding tert-OH is 1. The van der Waals surface area contributed by atoms with Gasteiger partial charge in [-0.25, -0.2) is 4.98 Å². The molecule has 4 rings (SSSR count). The van der Waals surface area contributed by atoms with E-state index in [-0.39, 0.29) is 53.5 Å². The lowest BCUT2D eigenvalue weighted by molar-refractivity contribution is -0.148. The lowest BCUT2D eigenvalue weighted by Crippen LogP contribution is -2.50. The van der Waals surface area contributed by atoms with Crippen molar-refractivity contribution in [3.63, 3.8) is 0 Å². The number of hydrogen-bond acceptors (Lipinski definition) is 7. The van der Waals surface area contributed by atoms with Gasteiger partial charge in [0.25, 0.3) is 0 Å². The Morgan fingerprint density at radius 1 is 1.23 bits per heavy atom. The molecule has 0 radical (unpaired) electrons. The fraction of sp³-hybridized carbons (Fsp3) is 0.575. The molecule has 0 aromatic carbocycles. The molecule has 0 bridgehead atoms. The number of nitriles is 1. The van der Waals surface area contributed by atoms with Gasteiger partial charge in [0.2, 0.25) is 0 Å². The lowest BCUT2D eigenvalue weighted by atomic mass is 9.53. The first-order chi connectivity index (χ1) is 22.5. The van der Waals surface area contributed by atoms with Crippen molar-refractivity contribution in [2.24, 2.45) is 29.1 Å². The number of rotatable bonds is 7. The van der Waals surface area contributed by atoms with Crippen LogP contribution in [0.1, 0.15) is 103 Å². The van der Waals surface area contributed by atoms with Crippen LogP contribution in [-0.4, -0.2) is 41.5 Å². The molecule has 1 saturated carbocycles. The zero-order chi connectivity index (χ0) is 34.1. The van der Waals surface area contributed by atoms with E-state index in [0.717, 1.165) is 30.5 Å². The van der Waals surface area contributed by atoms with Crippen LogP contribution in [-0.2, 0) is 14.3 Å². The number of nitrogens with zero attached hydrogens (tertiary/aromatic N) is 2. The fourth-order valence-corrected chi connectivity index (χ4v) is 7.44. The first kappa shape index (κ1) is 36.4. The average Bonchev–Trinajstić information content (AvgIpc) is 3.41. The number of oxazole rings is 1. The highest BCUT2D eigenvalue weighted by Gasteiger charge is 2.51. The summed E-state index contributed by atoms with van der Waals surface area (Å²) >= 11 is 0. The van der Waals surface area contributed by atoms with Crippen LogP contribution in [0, 0.1) is 47.3 Å². The highest BCUT2D eigenvalue weighted by Crippen LogP contribution is 2.54. The number of cyclic esters (lactones) is 1. The maximum Gasteiger partial charge on any atom is 0.306 e. The summed E-state index contributed by atoms with van der Waals surface area (Å²) in [5, 5.41) is 20.0. The maximum absolute atomic E-state index is 13.0. The van der Waals surface area contributed by atoms with Gasteiger partial charge in [-0.15, -0.1) is 0 Å². The number of carbonyl (C=O) groups excluding carboxylic acids is 1. The molecule has 0 amide bonds. The van der Waals surface area contributed by atoms with Gasteiger partial charge >= 0.3 is 5.97 Å². The molecule has 1 aromatic rings. The second-order valence-corrected chi connectivity index (χ2v) is 14.0. The van der Waals surface area contributed by atoms with Crippen LogP contribution >= 0.6 is 0 Å². The van der Waals surface area contributed by atoms with Gasteiger partial charge in [-0.1, -0.05) is 80.5 Å². The Balaban J connectivity index is 1.61. The van der Waals surface area contributed by atoms with Crippen molar-refractivity contribution in [2.75, 3.05) is 7.11 Å². The molecular weight excluding hydrogens is 588 g/mol. The Morgan fingerprint density at radius 2 is 2.00 bits per heavy atom. The summed E-state index contributed by atoms with van der Waals surface area (Å²) in [5.41, 5.74) is 2.84. The standard InChI is InChI=1S/C40H54N2O5/c1-26-13-12-17-37(44)47-36(19-18-34-30(5)46-39(42-34)28(3)15-10-11-22-41)27(2)14-8-9-16-31-23-29(4)38-33(40(31,6)21-20-26)24-32(45-7)25-35(38)43/h8-9,13-14,16,18-21,23,27-28,31-33,35-36,38,43H,10-12,15,17,24-25H2,1-7H3/b14-8+,16-9+,19-18+,21-20+,26-13-/t27?,28-,31?,32?,33?,35?,36?,38?,40?/m0/s1. The number of unbranched alkanes of at least 4 members (excludes halogenated alkanes) is 1. The molecule has 0 saturated heterocycles. The largest absolute Gasteiger partial charge is 0.457 e. The zero-order valence-corrected chi connectivity index (χ0v) is 29.3. The van der Waals surface area contributed by atoms with Crippen molar-refractivity contribution in [3.05, 3.63) is 83.2 Å². The number of ether oxygens (including phenoxy) is 2. The molecule has 2 heterocycles. The van der Waals surface area contributed by atoms with E-state index < -0.39 is 12.2 Å². The number of hydrogen-bond donors (Lipinski definition) is 1. The normalized spacial score (nSPS) is 35.7. The summed E-state index contributed by atoms with van der Waals surface area (Å²) in [6.45, 7) is 12.5. The molecule has 3 aliphatic rings. The van der Waals surface area contributed by atoms with Crippen molar-refractivity contribution in [1.82, 2.24) is 4.98 Å². The third-order valence-electron chi connectivity index (χ3n) is 10.5. The minimum atomic E-state index is -0.477. The average molecular weight is 643 g/mol. The van der Waals surface area contributed by atoms with Crippen molar-refractivity contribution < 1.29 is 23.8 Å². The van der Waals surface area contributed by atoms with Crippen LogP contribution in [0.15, 0.2) is 70.2 Å². The topological polar surface area (TPSA) is 106 Å². The number of methoxy groups -OCH3 is 1. The smallest absolute Gasteiger partial charge is 0.306 e. The van der Waals surface area contributed by atoms with Gasteiger partial charge in [-0.3, -0.25) is 4.79 Å². The predicted molar refractivity (Wildman–Crippen MR) is 186 cm³/mol. The van der Waals surface area contributed by atoms with Crippen LogP contribution in [0.2, 0.25) is 0 Å². The number of aliphatic hydroxyl groups is 1. The van der Waals surface area contributed by atoms with Crippen LogP contribution in [0.4, 0.5) is 0 Å². The Labute approximate surface area is 281 Å². The van der Waals surface area contributed by atoms with Crippen molar-refractivity contribution in [3.8, 4) is 6.07 Å². The third kappa shape index (κ3) is 9.12. The first-order valence-electron chi connectivity index (χ1n) is 17.3. The summed E-state index contributed by atoms with van der Waals surface area (Å²) in [6.07, 6.45) is 24.9. The Bertz CT molecular complexity index is 1450. The highest BCUT2D eigenvalue weighted by molar-refractivity contribution is 5.70. The second-order valence-electron chi connectivity index (χ2n) is 14.0. The SMILES string of the molecule is COC1CC(O)C2C(C)=CC3/C=C/C=C/C(C)C(/C=C/c4nc([C@@H](C)CCCC#N)oc4C)OC(=O)CC/C=C(C)\C=C\C3(C)C2C1. The number of esters is 1. The second kappa shape index (κ2) is 16.6. The number of fused-ring (bicyclic) bond motifs is 3. The third-order valence-corrected chi connectivity index (χ3v) is 10.5. The molecule has 1 aliphatic heterocycles. The number of aromatic nitrogens is 1. The monoisotopic (exact) mass is 642 g/mol. The van der Waals surface area contributed by atoms with E-state index in [9.17, 15) is 9.90 Å². The zero-order valence-electron chi connectivity index (χ0n) is 29.3. The molecule has 7 heteroatoms. The molecule has 8 unspecified atom stereocenters. The Morgan fingerprint density at radius 3 is 2.74 bits per heavy atom. The maximum atomic E-state index is 13.0. The first-order valence-corrected chi connectivity index (χ1v) is 17.3. The Kier molecular flexibility index (Phi) is 12.8. The molecule has 9 atom stereocenters. The molecule has 1 N–H and O–H groups in total. The van der Waals surface area contributed by atoms with E-state index in [0.29, 0.717) is 30.9 Å². The van der Waals surface area contributed by atoms with Gasteiger partial charge in [-0.05, 0) is 69.9 Å². The van der Waals surface area contributed by atoms with Crippen molar-refractivity contribution in [2.45, 2.75) is 111 Å². The van der Waals surface area contributed by atoms with Crippen molar-refractivity contribution in [1.29, 1.82) is 5.26 Å². The summed E-state index contributed by atoms with van der Waals surface area (Å²) in [7, 11) is 1.75. The van der Waals surface area contributed by atoms with E-state index in [1.807, 2.05) is 25.2 Å². The highest BCUT2D eigenvalue weighted by atomic mass is 16.5. The fourth-order valence-electron chi connectivity index (χ4n) is 7.44. The van der Waals surface area contributed by atoms with E-state index in [2.05, 4.69) is 83.2 Å². The molecule has 0 spiro atoms. The van der Waals surface area contributed by atoms with E-state index in [1.54, 1.807) is 7.11 Å². The lowest BCUT2D eigenvalue weighted by Gasteiger charge is -2.53. The number of aryl methyl sites for hydroxylation is 1. The molecule has 254 valence electrons. The van der Waals surface area contributed by atoms with E-state index in [4.69, 9.17) is 24.1 Å². The van der Waals surface area contributed by atoms with E-state index in [1.165, 1.54) is 5.57 Å². The van der Waals surface area contributed by atoms with E-state index >= 15 is 0 Å². The van der Waals surface area contributed by atoms with Crippen molar-refractivity contribution >= 4 is 12.0 Å². The molecule has 47 heavy (non-hydrogen) atoms. The molecule has 1 aromatic heterocycles. The van der Waals surface area contributed by atoms with Crippen LogP contribution in [0.5, 0.6) is 0 Å². The molecule has 1 fully saturated rings. The summed E-state index contributed by atoms with van der Waals surface area (Å²) in [6, 6.07) is 2.19. The van der Waals surface area contributed by atoms with Crippen LogP contribution in [0.3, 0.4) is 0 Å². The Hall–Kier alpha value is -3.47. The van der Waals surface area contributed by atoms with Gasteiger partial charge in [-0.2, -0.15) is 5.26 Å². The minimum absolute atomic E-state index is 0.0335. The van der Waals surface area contributed by atoms with Gasteiger partial charge in [0.15, 0.2) is 5.89 Å². The van der Waals surface area contributed by atoms with Gasteiger partial charge in [0.1, 0.15) is 17.6 Å².